The van der Waals surface area contributed by atoms with Crippen molar-refractivity contribution >= 4 is 0 Å². The molecular formula is C19H23N. The molecule has 1 heterocycles. The number of rotatable bonds is 7. The van der Waals surface area contributed by atoms with Crippen LogP contribution in [0.2, 0.25) is 0 Å². The van der Waals surface area contributed by atoms with Gasteiger partial charge in [-0.3, -0.25) is 4.98 Å². The second kappa shape index (κ2) is 7.64. The van der Waals surface area contributed by atoms with Crippen LogP contribution >= 0.6 is 0 Å². The summed E-state index contributed by atoms with van der Waals surface area (Å²) in [5.41, 5.74) is 3.68. The zero-order valence-corrected chi connectivity index (χ0v) is 12.3. The molecule has 0 saturated carbocycles. The van der Waals surface area contributed by atoms with Gasteiger partial charge in [0.15, 0.2) is 0 Å². The Balaban J connectivity index is 2.18. The highest BCUT2D eigenvalue weighted by atomic mass is 14.6. The fraction of sp³-hybridized carbons (Fsp3) is 0.316. The van der Waals surface area contributed by atoms with Crippen molar-refractivity contribution in [1.82, 2.24) is 4.98 Å². The van der Waals surface area contributed by atoms with Gasteiger partial charge in [0.2, 0.25) is 0 Å². The van der Waals surface area contributed by atoms with Crippen LogP contribution in [0.5, 0.6) is 0 Å². The molecule has 0 spiro atoms. The standard InChI is InChI=1S/C19H23N/c1-3-5-7-10-16(4-2)18-13-19(15-20-14-18)17-11-8-6-9-12-17/h4,6,8-9,11-16H,2-3,5,7,10H2,1H3. The number of allylic oxidation sites excluding steroid dienone is 1. The van der Waals surface area contributed by atoms with Crippen molar-refractivity contribution in [3.63, 3.8) is 0 Å². The highest BCUT2D eigenvalue weighted by Crippen LogP contribution is 2.27. The number of benzene rings is 1. The number of unbranched alkanes of at least 4 members (excludes halogenated alkanes) is 2. The summed E-state index contributed by atoms with van der Waals surface area (Å²) in [6.45, 7) is 6.23. The van der Waals surface area contributed by atoms with Crippen molar-refractivity contribution in [2.45, 2.75) is 38.5 Å². The van der Waals surface area contributed by atoms with Gasteiger partial charge in [-0.15, -0.1) is 6.58 Å². The Morgan fingerprint density at radius 1 is 1.10 bits per heavy atom. The van der Waals surface area contributed by atoms with Crippen molar-refractivity contribution in [2.24, 2.45) is 0 Å². The van der Waals surface area contributed by atoms with Gasteiger partial charge in [-0.2, -0.15) is 0 Å². The largest absolute Gasteiger partial charge is 0.264 e. The Morgan fingerprint density at radius 2 is 1.90 bits per heavy atom. The molecule has 0 N–H and O–H groups in total. The van der Waals surface area contributed by atoms with Crippen molar-refractivity contribution in [1.29, 1.82) is 0 Å². The molecule has 1 atom stereocenters. The molecule has 2 aromatic rings. The molecule has 0 amide bonds. The molecule has 1 nitrogen and oxygen atoms in total. The lowest BCUT2D eigenvalue weighted by atomic mass is 9.93. The van der Waals surface area contributed by atoms with Crippen LogP contribution in [0.3, 0.4) is 0 Å². The predicted molar refractivity (Wildman–Crippen MR) is 86.8 cm³/mol. The van der Waals surface area contributed by atoms with E-state index in [-0.39, 0.29) is 0 Å². The number of hydrogen-bond donors (Lipinski definition) is 0. The minimum Gasteiger partial charge on any atom is -0.264 e. The SMILES string of the molecule is C=CC(CCCCC)c1cncc(-c2ccccc2)c1. The third-order valence-corrected chi connectivity index (χ3v) is 3.70. The Labute approximate surface area is 122 Å². The van der Waals surface area contributed by atoms with Gasteiger partial charge >= 0.3 is 0 Å². The summed E-state index contributed by atoms with van der Waals surface area (Å²) in [5.74, 6) is 0.415. The molecule has 1 aromatic heterocycles. The zero-order chi connectivity index (χ0) is 14.2. The molecule has 2 rings (SSSR count). The minimum absolute atomic E-state index is 0.415. The van der Waals surface area contributed by atoms with Gasteiger partial charge in [0.25, 0.3) is 0 Å². The zero-order valence-electron chi connectivity index (χ0n) is 12.3. The predicted octanol–water partition coefficient (Wildman–Crippen LogP) is 5.60. The molecule has 1 heteroatoms. The van der Waals surface area contributed by atoms with Crippen molar-refractivity contribution in [3.05, 3.63) is 67.0 Å². The van der Waals surface area contributed by atoms with E-state index >= 15 is 0 Å². The van der Waals surface area contributed by atoms with Gasteiger partial charge in [-0.1, -0.05) is 62.6 Å². The summed E-state index contributed by atoms with van der Waals surface area (Å²) in [7, 11) is 0. The molecule has 0 aliphatic rings. The number of aromatic nitrogens is 1. The second-order valence-electron chi connectivity index (χ2n) is 5.21. The molecule has 0 saturated heterocycles. The van der Waals surface area contributed by atoms with E-state index in [4.69, 9.17) is 0 Å². The van der Waals surface area contributed by atoms with E-state index in [2.05, 4.69) is 54.9 Å². The first-order valence-electron chi connectivity index (χ1n) is 7.48. The first-order valence-corrected chi connectivity index (χ1v) is 7.48. The summed E-state index contributed by atoms with van der Waals surface area (Å²) in [6, 6.07) is 12.7. The second-order valence-corrected chi connectivity index (χ2v) is 5.21. The number of hydrogen-bond acceptors (Lipinski definition) is 1. The van der Waals surface area contributed by atoms with E-state index in [9.17, 15) is 0 Å². The van der Waals surface area contributed by atoms with Gasteiger partial charge < -0.3 is 0 Å². The average molecular weight is 265 g/mol. The van der Waals surface area contributed by atoms with Crippen molar-refractivity contribution in [3.8, 4) is 11.1 Å². The van der Waals surface area contributed by atoms with Crippen molar-refractivity contribution < 1.29 is 0 Å². The van der Waals surface area contributed by atoms with Gasteiger partial charge in [0.05, 0.1) is 0 Å². The Morgan fingerprint density at radius 3 is 2.60 bits per heavy atom. The quantitative estimate of drug-likeness (QED) is 0.469. The first kappa shape index (κ1) is 14.5. The summed E-state index contributed by atoms with van der Waals surface area (Å²) >= 11 is 0. The summed E-state index contributed by atoms with van der Waals surface area (Å²) < 4.78 is 0. The highest BCUT2D eigenvalue weighted by molar-refractivity contribution is 5.63. The normalized spacial score (nSPS) is 12.1. The lowest BCUT2D eigenvalue weighted by molar-refractivity contribution is 0.628. The van der Waals surface area contributed by atoms with Crippen LogP contribution in [-0.2, 0) is 0 Å². The Kier molecular flexibility index (Phi) is 5.55. The Bertz CT molecular complexity index is 530. The maximum Gasteiger partial charge on any atom is 0.0346 e. The smallest absolute Gasteiger partial charge is 0.0346 e. The molecule has 0 aliphatic heterocycles. The van der Waals surface area contributed by atoms with Gasteiger partial charge in [0.1, 0.15) is 0 Å². The topological polar surface area (TPSA) is 12.9 Å². The van der Waals surface area contributed by atoms with Crippen LogP contribution in [0.4, 0.5) is 0 Å². The first-order chi connectivity index (χ1) is 9.85. The van der Waals surface area contributed by atoms with E-state index in [1.165, 1.54) is 36.0 Å². The van der Waals surface area contributed by atoms with Crippen LogP contribution in [0.25, 0.3) is 11.1 Å². The van der Waals surface area contributed by atoms with Crippen LogP contribution in [0.15, 0.2) is 61.4 Å². The molecule has 0 fully saturated rings. The summed E-state index contributed by atoms with van der Waals surface area (Å²) in [4.78, 5) is 4.41. The van der Waals surface area contributed by atoms with Crippen LogP contribution in [0, 0.1) is 0 Å². The van der Waals surface area contributed by atoms with E-state index in [0.29, 0.717) is 5.92 Å². The van der Waals surface area contributed by atoms with E-state index < -0.39 is 0 Å². The maximum atomic E-state index is 4.41. The monoisotopic (exact) mass is 265 g/mol. The molecule has 1 unspecified atom stereocenters. The lowest BCUT2D eigenvalue weighted by Crippen LogP contribution is -1.97. The third-order valence-electron chi connectivity index (χ3n) is 3.70. The van der Waals surface area contributed by atoms with Crippen LogP contribution in [0.1, 0.15) is 44.1 Å². The molecule has 104 valence electrons. The Hall–Kier alpha value is -1.89. The number of pyridine rings is 1. The van der Waals surface area contributed by atoms with Gasteiger partial charge in [0, 0.05) is 23.9 Å². The van der Waals surface area contributed by atoms with E-state index in [1.54, 1.807) is 0 Å². The molecule has 0 radical (unpaired) electrons. The van der Waals surface area contributed by atoms with Gasteiger partial charge in [-0.25, -0.2) is 0 Å². The molecule has 20 heavy (non-hydrogen) atoms. The average Bonchev–Trinajstić information content (AvgIpc) is 2.53. The van der Waals surface area contributed by atoms with Crippen LogP contribution in [-0.4, -0.2) is 4.98 Å². The fourth-order valence-corrected chi connectivity index (χ4v) is 2.48. The lowest BCUT2D eigenvalue weighted by Gasteiger charge is -2.13. The van der Waals surface area contributed by atoms with Crippen LogP contribution < -0.4 is 0 Å². The summed E-state index contributed by atoms with van der Waals surface area (Å²) in [5, 5.41) is 0. The highest BCUT2D eigenvalue weighted by Gasteiger charge is 2.09. The maximum absolute atomic E-state index is 4.41. The fourth-order valence-electron chi connectivity index (χ4n) is 2.48. The molecule has 1 aromatic carbocycles. The molecular weight excluding hydrogens is 242 g/mol. The van der Waals surface area contributed by atoms with E-state index in [1.807, 2.05) is 18.5 Å². The molecule has 0 aliphatic carbocycles. The van der Waals surface area contributed by atoms with E-state index in [0.717, 1.165) is 6.42 Å². The third kappa shape index (κ3) is 3.80. The summed E-state index contributed by atoms with van der Waals surface area (Å²) in [6.07, 6.45) is 10.9. The van der Waals surface area contributed by atoms with Crippen molar-refractivity contribution in [2.75, 3.05) is 0 Å². The molecule has 0 bridgehead atoms. The van der Waals surface area contributed by atoms with Gasteiger partial charge in [-0.05, 0) is 23.6 Å². The number of nitrogens with zero attached hydrogens (tertiary/aromatic N) is 1. The minimum atomic E-state index is 0.415.